The van der Waals surface area contributed by atoms with E-state index in [1.807, 2.05) is 12.1 Å². The van der Waals surface area contributed by atoms with Crippen LogP contribution in [0.3, 0.4) is 0 Å². The maximum absolute atomic E-state index is 11.4. The van der Waals surface area contributed by atoms with Gasteiger partial charge in [0.2, 0.25) is 17.1 Å². The van der Waals surface area contributed by atoms with Gasteiger partial charge in [-0.25, -0.2) is 0 Å². The second kappa shape index (κ2) is 9.91. The summed E-state index contributed by atoms with van der Waals surface area (Å²) in [5.74, 6) is 0.807. The van der Waals surface area contributed by atoms with E-state index in [1.165, 1.54) is 22.4 Å². The van der Waals surface area contributed by atoms with Crippen molar-refractivity contribution in [3.05, 3.63) is 59.3 Å². The van der Waals surface area contributed by atoms with Gasteiger partial charge in [-0.15, -0.1) is 0 Å². The molecule has 0 saturated heterocycles. The molecule has 1 N–H and O–H groups in total. The zero-order valence-electron chi connectivity index (χ0n) is 18.1. The highest BCUT2D eigenvalue weighted by Crippen LogP contribution is 2.47. The Hall–Kier alpha value is -2.26. The van der Waals surface area contributed by atoms with Crippen molar-refractivity contribution in [1.29, 1.82) is 0 Å². The monoisotopic (exact) mass is 547 g/mol. The molecule has 0 bridgehead atoms. The largest absolute Gasteiger partial charge is 1.00 e. The molecule has 0 saturated carbocycles. The van der Waals surface area contributed by atoms with E-state index in [2.05, 4.69) is 71.1 Å². The molecule has 4 rings (SSSR count). The molecule has 162 valence electrons. The summed E-state index contributed by atoms with van der Waals surface area (Å²) in [6, 6.07) is 16.6. The maximum Gasteiger partial charge on any atom is 0.221 e. The highest BCUT2D eigenvalue weighted by molar-refractivity contribution is 8.03. The minimum atomic E-state index is -0.0591. The zero-order valence-corrected chi connectivity index (χ0v) is 21.1. The van der Waals surface area contributed by atoms with Gasteiger partial charge in [-0.2, -0.15) is 4.57 Å². The Kier molecular flexibility index (Phi) is 7.48. The molecule has 0 atom stereocenters. The summed E-state index contributed by atoms with van der Waals surface area (Å²) in [6.07, 6.45) is 2.25. The fourth-order valence-electron chi connectivity index (χ4n) is 3.86. The Labute approximate surface area is 204 Å². The number of hydrogen-bond acceptors (Lipinski definition) is 4. The number of methoxy groups -OCH3 is 1. The van der Waals surface area contributed by atoms with Gasteiger partial charge in [0.15, 0.2) is 0 Å². The van der Waals surface area contributed by atoms with E-state index in [0.717, 1.165) is 41.3 Å². The van der Waals surface area contributed by atoms with Gasteiger partial charge in [0.25, 0.3) is 0 Å². The van der Waals surface area contributed by atoms with E-state index < -0.39 is 0 Å². The number of pyridine rings is 1. The van der Waals surface area contributed by atoms with Crippen LogP contribution in [0.5, 0.6) is 5.75 Å². The molecule has 0 unspecified atom stereocenters. The van der Waals surface area contributed by atoms with Gasteiger partial charge in [0.1, 0.15) is 12.3 Å². The number of aryl methyl sites for hydroxylation is 1. The molecule has 0 aliphatic carbocycles. The van der Waals surface area contributed by atoms with Gasteiger partial charge in [-0.05, 0) is 50.2 Å². The van der Waals surface area contributed by atoms with Crippen LogP contribution in [0.25, 0.3) is 17.0 Å². The lowest BCUT2D eigenvalue weighted by Gasteiger charge is -2.18. The van der Waals surface area contributed by atoms with Crippen molar-refractivity contribution in [1.82, 2.24) is 0 Å². The molecule has 2 aromatic carbocycles. The predicted molar refractivity (Wildman–Crippen MR) is 124 cm³/mol. The van der Waals surface area contributed by atoms with Crippen molar-refractivity contribution in [3.8, 4) is 5.75 Å². The van der Waals surface area contributed by atoms with E-state index in [1.54, 1.807) is 18.9 Å². The Morgan fingerprint density at radius 3 is 2.65 bits per heavy atom. The Morgan fingerprint density at radius 2 is 1.97 bits per heavy atom. The molecular weight excluding hydrogens is 521 g/mol. The van der Waals surface area contributed by atoms with Crippen molar-refractivity contribution < 1.29 is 38.1 Å². The van der Waals surface area contributed by atoms with Crippen molar-refractivity contribution in [3.63, 3.8) is 0 Å². The summed E-state index contributed by atoms with van der Waals surface area (Å²) in [6.45, 7) is 7.57. The van der Waals surface area contributed by atoms with Crippen LogP contribution in [-0.4, -0.2) is 19.6 Å². The first-order valence-electron chi connectivity index (χ1n) is 10.1. The molecule has 1 aromatic heterocycles. The minimum Gasteiger partial charge on any atom is -1.00 e. The molecule has 0 fully saturated rings. The number of ether oxygens (including phenoxy) is 1. The lowest BCUT2D eigenvalue weighted by Crippen LogP contribution is -3.00. The Balaban J connectivity index is 0.00000272. The quantitative estimate of drug-likeness (QED) is 0.393. The molecule has 7 heteroatoms. The van der Waals surface area contributed by atoms with Crippen LogP contribution < -0.4 is 43.5 Å². The van der Waals surface area contributed by atoms with Crippen molar-refractivity contribution >= 4 is 46.0 Å². The van der Waals surface area contributed by atoms with E-state index in [-0.39, 0.29) is 29.9 Å². The Bertz CT molecular complexity index is 1160. The third kappa shape index (κ3) is 4.67. The van der Waals surface area contributed by atoms with Crippen LogP contribution >= 0.6 is 11.8 Å². The zero-order chi connectivity index (χ0) is 21.3. The third-order valence-corrected chi connectivity index (χ3v) is 6.34. The predicted octanol–water partition coefficient (Wildman–Crippen LogP) is 2.05. The Morgan fingerprint density at radius 1 is 1.16 bits per heavy atom. The van der Waals surface area contributed by atoms with Gasteiger partial charge in [-0.3, -0.25) is 4.79 Å². The molecule has 1 aliphatic heterocycles. The van der Waals surface area contributed by atoms with E-state index in [4.69, 9.17) is 4.74 Å². The number of nitrogens with zero attached hydrogens (tertiary/aromatic N) is 2. The highest BCUT2D eigenvalue weighted by Gasteiger charge is 2.26. The van der Waals surface area contributed by atoms with Gasteiger partial charge >= 0.3 is 0 Å². The maximum atomic E-state index is 11.4. The minimum absolute atomic E-state index is 0. The summed E-state index contributed by atoms with van der Waals surface area (Å²) in [5, 5.41) is 5.23. The summed E-state index contributed by atoms with van der Waals surface area (Å²) < 4.78 is 7.70. The first kappa shape index (κ1) is 23.4. The number of hydrogen-bond donors (Lipinski definition) is 1. The SMILES string of the molecule is CCN1/C(=C/c2ccc3cc(OC)ccc3[n+]2CC)Sc2ccc(NC(C)=O)cc21.[I-]. The number of fused-ring (bicyclic) bond motifs is 2. The van der Waals surface area contributed by atoms with E-state index in [9.17, 15) is 4.79 Å². The van der Waals surface area contributed by atoms with Crippen LogP contribution in [0.4, 0.5) is 11.4 Å². The van der Waals surface area contributed by atoms with Crippen molar-refractivity contribution in [2.24, 2.45) is 0 Å². The average molecular weight is 547 g/mol. The molecule has 1 amide bonds. The smallest absolute Gasteiger partial charge is 0.221 e. The third-order valence-electron chi connectivity index (χ3n) is 5.23. The number of carbonyl (C=O) groups excluding carboxylic acids is 1. The van der Waals surface area contributed by atoms with Crippen LogP contribution in [0.1, 0.15) is 26.5 Å². The second-order valence-corrected chi connectivity index (χ2v) is 8.18. The van der Waals surface area contributed by atoms with E-state index in [0.29, 0.717) is 0 Å². The molecule has 3 aromatic rings. The normalized spacial score (nSPS) is 13.8. The molecular formula is C24H26IN3O2S. The molecule has 2 heterocycles. The summed E-state index contributed by atoms with van der Waals surface area (Å²) in [5.41, 5.74) is 4.30. The number of amides is 1. The van der Waals surface area contributed by atoms with Crippen LogP contribution in [0, 0.1) is 0 Å². The number of halogens is 1. The summed E-state index contributed by atoms with van der Waals surface area (Å²) >= 11 is 1.76. The van der Waals surface area contributed by atoms with Crippen molar-refractivity contribution in [2.45, 2.75) is 32.2 Å². The number of nitrogens with one attached hydrogen (secondary N) is 1. The number of benzene rings is 2. The van der Waals surface area contributed by atoms with E-state index >= 15 is 0 Å². The van der Waals surface area contributed by atoms with Gasteiger partial charge in [-0.1, -0.05) is 11.8 Å². The second-order valence-electron chi connectivity index (χ2n) is 7.12. The fraction of sp³-hybridized carbons (Fsp3) is 0.250. The lowest BCUT2D eigenvalue weighted by atomic mass is 10.1. The molecule has 1 aliphatic rings. The molecule has 0 radical (unpaired) electrons. The number of aromatic nitrogens is 1. The number of anilines is 2. The fourth-order valence-corrected chi connectivity index (χ4v) is 5.02. The molecule has 0 spiro atoms. The number of carbonyl (C=O) groups is 1. The summed E-state index contributed by atoms with van der Waals surface area (Å²) in [7, 11) is 1.69. The number of rotatable bonds is 5. The van der Waals surface area contributed by atoms with Crippen LogP contribution in [0.2, 0.25) is 0 Å². The lowest BCUT2D eigenvalue weighted by molar-refractivity contribution is -0.669. The molecule has 5 nitrogen and oxygen atoms in total. The average Bonchev–Trinajstić information content (AvgIpc) is 3.09. The van der Waals surface area contributed by atoms with Gasteiger partial charge in [0.05, 0.1) is 23.2 Å². The van der Waals surface area contributed by atoms with Crippen molar-refractivity contribution in [2.75, 3.05) is 23.9 Å². The van der Waals surface area contributed by atoms with Crippen LogP contribution in [-0.2, 0) is 11.3 Å². The standard InChI is InChI=1S/C24H25N3O2S.HI/c1-5-26-19(9-7-17-13-20(29-4)10-11-21(17)26)15-24-27(6-2)22-14-18(25-16(3)28)8-12-23(22)30-24;/h7-15H,5-6H2,1-4H3;1H. The topological polar surface area (TPSA) is 45.5 Å². The van der Waals surface area contributed by atoms with Crippen LogP contribution in [0.15, 0.2) is 58.5 Å². The number of thioether (sulfide) groups is 1. The van der Waals surface area contributed by atoms with Gasteiger partial charge in [0, 0.05) is 42.3 Å². The molecule has 31 heavy (non-hydrogen) atoms. The first-order valence-corrected chi connectivity index (χ1v) is 10.9. The highest BCUT2D eigenvalue weighted by atomic mass is 127. The van der Waals surface area contributed by atoms with Gasteiger partial charge < -0.3 is 38.9 Å². The first-order chi connectivity index (χ1) is 14.5. The summed E-state index contributed by atoms with van der Waals surface area (Å²) in [4.78, 5) is 14.9.